The molecular formula is C11H17NO4S. The predicted molar refractivity (Wildman–Crippen MR) is 64.4 cm³/mol. The first kappa shape index (κ1) is 14.0. The lowest BCUT2D eigenvalue weighted by atomic mass is 10.2. The molecule has 1 atom stereocenters. The Morgan fingerprint density at radius 2 is 1.94 bits per heavy atom. The Hall–Kier alpha value is -1.11. The summed E-state index contributed by atoms with van der Waals surface area (Å²) in [6, 6.07) is 6.13. The van der Waals surface area contributed by atoms with Gasteiger partial charge in [0.15, 0.2) is 0 Å². The number of sulfonamides is 1. The van der Waals surface area contributed by atoms with Gasteiger partial charge >= 0.3 is 0 Å². The largest absolute Gasteiger partial charge is 0.497 e. The van der Waals surface area contributed by atoms with E-state index in [2.05, 4.69) is 4.72 Å². The van der Waals surface area contributed by atoms with Crippen LogP contribution in [0.25, 0.3) is 0 Å². The maximum atomic E-state index is 11.8. The van der Waals surface area contributed by atoms with Gasteiger partial charge in [-0.1, -0.05) is 6.92 Å². The summed E-state index contributed by atoms with van der Waals surface area (Å²) >= 11 is 0. The minimum atomic E-state index is -3.51. The summed E-state index contributed by atoms with van der Waals surface area (Å²) in [7, 11) is -1.99. The highest BCUT2D eigenvalue weighted by atomic mass is 32.2. The van der Waals surface area contributed by atoms with Crippen molar-refractivity contribution < 1.29 is 18.3 Å². The predicted octanol–water partition coefficient (Wildman–Crippen LogP) is 0.602. The van der Waals surface area contributed by atoms with Crippen molar-refractivity contribution in [2.45, 2.75) is 11.8 Å². The standard InChI is InChI=1S/C11H17NO4S/c1-9(8-13)7-12-17(14,15)11-5-3-10(16-2)4-6-11/h3-6,9,12-13H,7-8H2,1-2H3. The van der Waals surface area contributed by atoms with Gasteiger partial charge < -0.3 is 9.84 Å². The van der Waals surface area contributed by atoms with Crippen LogP contribution >= 0.6 is 0 Å². The minimum absolute atomic E-state index is 0.0505. The zero-order chi connectivity index (χ0) is 12.9. The molecule has 5 nitrogen and oxygen atoms in total. The molecule has 0 spiro atoms. The van der Waals surface area contributed by atoms with E-state index in [1.165, 1.54) is 19.2 Å². The van der Waals surface area contributed by atoms with Crippen LogP contribution in [0.15, 0.2) is 29.2 Å². The number of nitrogens with one attached hydrogen (secondary N) is 1. The first-order chi connectivity index (χ1) is 7.99. The molecule has 0 heterocycles. The van der Waals surface area contributed by atoms with E-state index >= 15 is 0 Å². The Morgan fingerprint density at radius 3 is 2.41 bits per heavy atom. The van der Waals surface area contributed by atoms with Gasteiger partial charge in [-0.05, 0) is 30.2 Å². The van der Waals surface area contributed by atoms with Crippen molar-refractivity contribution in [2.24, 2.45) is 5.92 Å². The average molecular weight is 259 g/mol. The smallest absolute Gasteiger partial charge is 0.240 e. The van der Waals surface area contributed by atoms with E-state index in [4.69, 9.17) is 9.84 Å². The molecule has 0 radical (unpaired) electrons. The molecule has 1 rings (SSSR count). The van der Waals surface area contributed by atoms with Crippen molar-refractivity contribution in [3.63, 3.8) is 0 Å². The Morgan fingerprint density at radius 1 is 1.35 bits per heavy atom. The lowest BCUT2D eigenvalue weighted by molar-refractivity contribution is 0.238. The van der Waals surface area contributed by atoms with Gasteiger partial charge in [-0.15, -0.1) is 0 Å². The number of rotatable bonds is 6. The molecule has 0 aliphatic rings. The van der Waals surface area contributed by atoms with Gasteiger partial charge in [0.05, 0.1) is 12.0 Å². The van der Waals surface area contributed by atoms with Gasteiger partial charge in [-0.25, -0.2) is 13.1 Å². The lowest BCUT2D eigenvalue weighted by Gasteiger charge is -2.10. The van der Waals surface area contributed by atoms with Crippen LogP contribution in [0.5, 0.6) is 5.75 Å². The summed E-state index contributed by atoms with van der Waals surface area (Å²) in [4.78, 5) is 0.184. The molecule has 6 heteroatoms. The normalized spacial score (nSPS) is 13.4. The molecule has 0 aromatic heterocycles. The molecule has 0 saturated heterocycles. The lowest BCUT2D eigenvalue weighted by Crippen LogP contribution is -2.29. The number of aliphatic hydroxyl groups excluding tert-OH is 1. The van der Waals surface area contributed by atoms with Crippen LogP contribution in [0.4, 0.5) is 0 Å². The van der Waals surface area contributed by atoms with Crippen LogP contribution in [0, 0.1) is 5.92 Å². The SMILES string of the molecule is COc1ccc(S(=O)(=O)NCC(C)CO)cc1. The number of hydrogen-bond acceptors (Lipinski definition) is 4. The van der Waals surface area contributed by atoms with E-state index in [0.717, 1.165) is 0 Å². The fraction of sp³-hybridized carbons (Fsp3) is 0.455. The summed E-state index contributed by atoms with van der Waals surface area (Å²) in [5, 5.41) is 8.82. The number of benzene rings is 1. The quantitative estimate of drug-likeness (QED) is 0.784. The number of ether oxygens (including phenoxy) is 1. The molecule has 1 unspecified atom stereocenters. The number of aliphatic hydroxyl groups is 1. The highest BCUT2D eigenvalue weighted by Gasteiger charge is 2.14. The summed E-state index contributed by atoms with van der Waals surface area (Å²) in [5.41, 5.74) is 0. The summed E-state index contributed by atoms with van der Waals surface area (Å²) in [6.07, 6.45) is 0. The van der Waals surface area contributed by atoms with E-state index in [1.807, 2.05) is 0 Å². The molecule has 0 fully saturated rings. The topological polar surface area (TPSA) is 75.6 Å². The third-order valence-electron chi connectivity index (χ3n) is 2.30. The maximum absolute atomic E-state index is 11.8. The first-order valence-electron chi connectivity index (χ1n) is 5.24. The highest BCUT2D eigenvalue weighted by molar-refractivity contribution is 7.89. The van der Waals surface area contributed by atoms with E-state index in [1.54, 1.807) is 19.1 Å². The Balaban J connectivity index is 2.75. The minimum Gasteiger partial charge on any atom is -0.497 e. The van der Waals surface area contributed by atoms with Crippen molar-refractivity contribution in [3.8, 4) is 5.75 Å². The fourth-order valence-corrected chi connectivity index (χ4v) is 2.32. The molecule has 1 aromatic carbocycles. The maximum Gasteiger partial charge on any atom is 0.240 e. The average Bonchev–Trinajstić information content (AvgIpc) is 2.36. The van der Waals surface area contributed by atoms with Gasteiger partial charge in [-0.2, -0.15) is 0 Å². The fourth-order valence-electron chi connectivity index (χ4n) is 1.15. The van der Waals surface area contributed by atoms with Crippen LogP contribution in [0.1, 0.15) is 6.92 Å². The molecule has 0 bridgehead atoms. The summed E-state index contributed by atoms with van der Waals surface area (Å²) in [6.45, 7) is 1.92. The molecule has 96 valence electrons. The molecule has 0 saturated carbocycles. The van der Waals surface area contributed by atoms with E-state index in [-0.39, 0.29) is 24.0 Å². The summed E-state index contributed by atoms with van der Waals surface area (Å²) < 4.78 is 31.0. The number of methoxy groups -OCH3 is 1. The van der Waals surface area contributed by atoms with Crippen LogP contribution < -0.4 is 9.46 Å². The molecular weight excluding hydrogens is 242 g/mol. The van der Waals surface area contributed by atoms with E-state index in [0.29, 0.717) is 5.75 Å². The second-order valence-corrected chi connectivity index (χ2v) is 5.58. The highest BCUT2D eigenvalue weighted by Crippen LogP contribution is 2.15. The van der Waals surface area contributed by atoms with Crippen molar-refractivity contribution in [1.29, 1.82) is 0 Å². The second-order valence-electron chi connectivity index (χ2n) is 3.82. The molecule has 2 N–H and O–H groups in total. The van der Waals surface area contributed by atoms with Crippen LogP contribution in [-0.4, -0.2) is 33.8 Å². The monoisotopic (exact) mass is 259 g/mol. The van der Waals surface area contributed by atoms with Gasteiger partial charge in [0.25, 0.3) is 0 Å². The van der Waals surface area contributed by atoms with Gasteiger partial charge in [0.2, 0.25) is 10.0 Å². The zero-order valence-corrected chi connectivity index (χ0v) is 10.7. The number of hydrogen-bond donors (Lipinski definition) is 2. The summed E-state index contributed by atoms with van der Waals surface area (Å²) in [5.74, 6) is 0.496. The molecule has 1 aromatic rings. The Bertz CT molecular complexity index is 441. The van der Waals surface area contributed by atoms with Crippen molar-refractivity contribution in [2.75, 3.05) is 20.3 Å². The van der Waals surface area contributed by atoms with Crippen LogP contribution in [-0.2, 0) is 10.0 Å². The molecule has 0 aliphatic heterocycles. The van der Waals surface area contributed by atoms with Crippen molar-refractivity contribution in [1.82, 2.24) is 4.72 Å². The Labute approximate surface area is 101 Å². The third-order valence-corrected chi connectivity index (χ3v) is 3.74. The second kappa shape index (κ2) is 6.00. The van der Waals surface area contributed by atoms with Gasteiger partial charge in [-0.3, -0.25) is 0 Å². The van der Waals surface area contributed by atoms with Crippen molar-refractivity contribution >= 4 is 10.0 Å². The van der Waals surface area contributed by atoms with Crippen LogP contribution in [0.2, 0.25) is 0 Å². The van der Waals surface area contributed by atoms with Gasteiger partial charge in [0.1, 0.15) is 5.75 Å². The molecule has 0 amide bonds. The van der Waals surface area contributed by atoms with Crippen molar-refractivity contribution in [3.05, 3.63) is 24.3 Å². The van der Waals surface area contributed by atoms with Crippen LogP contribution in [0.3, 0.4) is 0 Å². The third kappa shape index (κ3) is 3.99. The molecule has 17 heavy (non-hydrogen) atoms. The van der Waals surface area contributed by atoms with Gasteiger partial charge in [0, 0.05) is 13.2 Å². The van der Waals surface area contributed by atoms with E-state index in [9.17, 15) is 8.42 Å². The Kier molecular flexibility index (Phi) is 4.92. The zero-order valence-electron chi connectivity index (χ0n) is 9.88. The molecule has 0 aliphatic carbocycles. The first-order valence-corrected chi connectivity index (χ1v) is 6.72. The van der Waals surface area contributed by atoms with E-state index < -0.39 is 10.0 Å².